The van der Waals surface area contributed by atoms with Crippen LogP contribution in [0.1, 0.15) is 54.6 Å². The first-order valence-corrected chi connectivity index (χ1v) is 8.74. The van der Waals surface area contributed by atoms with E-state index in [1.54, 1.807) is 17.1 Å². The molecule has 0 radical (unpaired) electrons. The molecule has 7 heteroatoms. The van der Waals surface area contributed by atoms with Gasteiger partial charge in [-0.1, -0.05) is 0 Å². The van der Waals surface area contributed by atoms with E-state index in [2.05, 4.69) is 20.0 Å². The minimum Gasteiger partial charge on any atom is -0.457 e. The van der Waals surface area contributed by atoms with Crippen LogP contribution in [0.2, 0.25) is 0 Å². The quantitative estimate of drug-likeness (QED) is 0.795. The molecule has 0 aliphatic carbocycles. The number of nitrogens with zero attached hydrogens (tertiary/aromatic N) is 5. The molecule has 1 atom stereocenters. The van der Waals surface area contributed by atoms with E-state index in [0.29, 0.717) is 12.1 Å². The van der Waals surface area contributed by atoms with Gasteiger partial charge in [-0.25, -0.2) is 14.8 Å². The second-order valence-electron chi connectivity index (χ2n) is 6.83. The maximum absolute atomic E-state index is 12.4. The monoisotopic (exact) mass is 343 g/mol. The largest absolute Gasteiger partial charge is 0.457 e. The molecule has 0 amide bonds. The van der Waals surface area contributed by atoms with Crippen LogP contribution in [0, 0.1) is 13.8 Å². The summed E-state index contributed by atoms with van der Waals surface area (Å²) >= 11 is 0. The van der Waals surface area contributed by atoms with Gasteiger partial charge in [0.1, 0.15) is 17.7 Å². The van der Waals surface area contributed by atoms with E-state index < -0.39 is 0 Å². The molecule has 134 valence electrons. The molecule has 1 saturated heterocycles. The van der Waals surface area contributed by atoms with Crippen molar-refractivity contribution in [3.05, 3.63) is 35.5 Å². The fourth-order valence-corrected chi connectivity index (χ4v) is 3.05. The lowest BCUT2D eigenvalue weighted by Gasteiger charge is -2.33. The molecule has 2 aromatic rings. The normalized spacial score (nSPS) is 17.8. The topological polar surface area (TPSA) is 73.1 Å². The molecule has 0 N–H and O–H groups in total. The van der Waals surface area contributed by atoms with E-state index in [0.717, 1.165) is 36.7 Å². The van der Waals surface area contributed by atoms with E-state index >= 15 is 0 Å². The predicted octanol–water partition coefficient (Wildman–Crippen LogP) is 2.70. The summed E-state index contributed by atoms with van der Waals surface area (Å²) in [5.41, 5.74) is 1.45. The number of carbonyl (C=O) groups excluding carboxylic acids is 1. The lowest BCUT2D eigenvalue weighted by atomic mass is 10.1. The molecule has 1 fully saturated rings. The molecule has 2 aromatic heterocycles. The Morgan fingerprint density at radius 1 is 1.32 bits per heavy atom. The smallest absolute Gasteiger partial charge is 0.341 e. The minimum atomic E-state index is -0.311. The fraction of sp³-hybridized carbons (Fsp3) is 0.556. The molecule has 3 rings (SSSR count). The van der Waals surface area contributed by atoms with Crippen LogP contribution in [0.4, 0.5) is 5.82 Å². The van der Waals surface area contributed by atoms with Crippen LogP contribution in [0.3, 0.4) is 0 Å². The van der Waals surface area contributed by atoms with Gasteiger partial charge in [0.2, 0.25) is 0 Å². The summed E-state index contributed by atoms with van der Waals surface area (Å²) in [6, 6.07) is 2.19. The molecule has 25 heavy (non-hydrogen) atoms. The number of aryl methyl sites for hydroxylation is 2. The maximum Gasteiger partial charge on any atom is 0.341 e. The summed E-state index contributed by atoms with van der Waals surface area (Å²) in [6.07, 6.45) is 5.00. The zero-order chi connectivity index (χ0) is 18.0. The van der Waals surface area contributed by atoms with E-state index in [9.17, 15) is 4.79 Å². The van der Waals surface area contributed by atoms with Crippen LogP contribution in [0.15, 0.2) is 18.5 Å². The number of aromatic nitrogens is 4. The summed E-state index contributed by atoms with van der Waals surface area (Å²) in [5.74, 6) is 1.35. The standard InChI is InChI=1S/C18H25N5O2/c1-12(2)23-10-15(9-19-23)18(24)25-16-6-5-7-22(11-16)17-8-13(3)20-14(4)21-17/h8-10,12,16H,5-7,11H2,1-4H3. The van der Waals surface area contributed by atoms with Crippen molar-refractivity contribution >= 4 is 11.8 Å². The Morgan fingerprint density at radius 2 is 2.12 bits per heavy atom. The molecule has 0 bridgehead atoms. The average Bonchev–Trinajstić information content (AvgIpc) is 3.04. The molecule has 1 aliphatic heterocycles. The third-order valence-corrected chi connectivity index (χ3v) is 4.29. The lowest BCUT2D eigenvalue weighted by molar-refractivity contribution is 0.0269. The number of piperidine rings is 1. The molecule has 1 unspecified atom stereocenters. The molecular weight excluding hydrogens is 318 g/mol. The Hall–Kier alpha value is -2.44. The fourth-order valence-electron chi connectivity index (χ4n) is 3.05. The van der Waals surface area contributed by atoms with Crippen molar-refractivity contribution in [2.45, 2.75) is 52.7 Å². The van der Waals surface area contributed by atoms with Gasteiger partial charge in [0.15, 0.2) is 0 Å². The van der Waals surface area contributed by atoms with Gasteiger partial charge in [-0.2, -0.15) is 5.10 Å². The van der Waals surface area contributed by atoms with Gasteiger partial charge in [0.05, 0.1) is 18.3 Å². The SMILES string of the molecule is Cc1cc(N2CCCC(OC(=O)c3cnn(C(C)C)c3)C2)nc(C)n1. The number of ether oxygens (including phenoxy) is 1. The second-order valence-corrected chi connectivity index (χ2v) is 6.83. The van der Waals surface area contributed by atoms with Gasteiger partial charge in [-0.3, -0.25) is 4.68 Å². The summed E-state index contributed by atoms with van der Waals surface area (Å²) in [5, 5.41) is 4.20. The number of hydrogen-bond acceptors (Lipinski definition) is 6. The molecule has 7 nitrogen and oxygen atoms in total. The first kappa shape index (κ1) is 17.4. The number of anilines is 1. The van der Waals surface area contributed by atoms with Crippen molar-refractivity contribution < 1.29 is 9.53 Å². The van der Waals surface area contributed by atoms with Gasteiger partial charge in [0, 0.05) is 30.5 Å². The van der Waals surface area contributed by atoms with Gasteiger partial charge in [-0.05, 0) is 40.5 Å². The Kier molecular flexibility index (Phi) is 5.01. The van der Waals surface area contributed by atoms with Gasteiger partial charge in [0.25, 0.3) is 0 Å². The van der Waals surface area contributed by atoms with E-state index in [4.69, 9.17) is 4.74 Å². The number of carbonyl (C=O) groups is 1. The van der Waals surface area contributed by atoms with Gasteiger partial charge >= 0.3 is 5.97 Å². The first-order valence-electron chi connectivity index (χ1n) is 8.74. The lowest BCUT2D eigenvalue weighted by Crippen LogP contribution is -2.41. The van der Waals surface area contributed by atoms with Crippen LogP contribution >= 0.6 is 0 Å². The number of hydrogen-bond donors (Lipinski definition) is 0. The maximum atomic E-state index is 12.4. The van der Waals surface area contributed by atoms with E-state index in [1.807, 2.05) is 33.8 Å². The number of esters is 1. The second kappa shape index (κ2) is 7.21. The van der Waals surface area contributed by atoms with Gasteiger partial charge < -0.3 is 9.64 Å². The number of rotatable bonds is 4. The highest BCUT2D eigenvalue weighted by Gasteiger charge is 2.25. The highest BCUT2D eigenvalue weighted by Crippen LogP contribution is 2.21. The van der Waals surface area contributed by atoms with Gasteiger partial charge in [-0.15, -0.1) is 0 Å². The summed E-state index contributed by atoms with van der Waals surface area (Å²) in [4.78, 5) is 23.4. The van der Waals surface area contributed by atoms with Crippen LogP contribution in [0.5, 0.6) is 0 Å². The van der Waals surface area contributed by atoms with E-state index in [1.165, 1.54) is 0 Å². The van der Waals surface area contributed by atoms with Crippen molar-refractivity contribution in [1.82, 2.24) is 19.7 Å². The molecule has 3 heterocycles. The Bertz CT molecular complexity index is 735. The van der Waals surface area contributed by atoms with E-state index in [-0.39, 0.29) is 18.1 Å². The summed E-state index contributed by atoms with van der Waals surface area (Å²) in [7, 11) is 0. The van der Waals surface area contributed by atoms with Crippen LogP contribution in [0.25, 0.3) is 0 Å². The summed E-state index contributed by atoms with van der Waals surface area (Å²) in [6.45, 7) is 9.46. The summed E-state index contributed by atoms with van der Waals surface area (Å²) < 4.78 is 7.47. The van der Waals surface area contributed by atoms with Crippen molar-refractivity contribution in [3.63, 3.8) is 0 Å². The van der Waals surface area contributed by atoms with Crippen LogP contribution in [-0.4, -0.2) is 44.9 Å². The van der Waals surface area contributed by atoms with Crippen LogP contribution in [-0.2, 0) is 4.74 Å². The Morgan fingerprint density at radius 3 is 2.80 bits per heavy atom. The first-order chi connectivity index (χ1) is 11.9. The van der Waals surface area contributed by atoms with Crippen molar-refractivity contribution in [1.29, 1.82) is 0 Å². The minimum absolute atomic E-state index is 0.140. The van der Waals surface area contributed by atoms with Crippen molar-refractivity contribution in [2.24, 2.45) is 0 Å². The third kappa shape index (κ3) is 4.15. The highest BCUT2D eigenvalue weighted by molar-refractivity contribution is 5.88. The molecule has 0 saturated carbocycles. The zero-order valence-corrected chi connectivity index (χ0v) is 15.3. The highest BCUT2D eigenvalue weighted by atomic mass is 16.5. The molecule has 1 aliphatic rings. The van der Waals surface area contributed by atoms with Crippen molar-refractivity contribution in [3.8, 4) is 0 Å². The Labute approximate surface area is 148 Å². The predicted molar refractivity (Wildman–Crippen MR) is 94.8 cm³/mol. The van der Waals surface area contributed by atoms with Crippen LogP contribution < -0.4 is 4.90 Å². The molecule has 0 spiro atoms. The van der Waals surface area contributed by atoms with Crippen molar-refractivity contribution in [2.75, 3.05) is 18.0 Å². The third-order valence-electron chi connectivity index (χ3n) is 4.29. The molecular formula is C18H25N5O2. The zero-order valence-electron chi connectivity index (χ0n) is 15.3. The average molecular weight is 343 g/mol. The Balaban J connectivity index is 1.65. The molecule has 0 aromatic carbocycles.